The van der Waals surface area contributed by atoms with E-state index < -0.39 is 11.8 Å². The van der Waals surface area contributed by atoms with Gasteiger partial charge in [0.15, 0.2) is 23.1 Å². The standard InChI is InChI=1S/C34H36FN5O5/c1-3-7-23-8-9-24(29(41)18-23)22-37-39-34(42)38-25-10-11-31(27(35)19-25)45-30-12-13-36-28-21-33(32(43-2)20-26(28)30)44-17-16-40-14-5-4-6-15-40/h3,8-13,18-22,41H,1,4-7,14-17H2,2H3,(H2,38,39,42)/b37-22+. The number of piperidine rings is 1. The molecule has 0 bridgehead atoms. The molecule has 3 aromatic carbocycles. The first-order chi connectivity index (χ1) is 21.9. The zero-order valence-corrected chi connectivity index (χ0v) is 25.1. The van der Waals surface area contributed by atoms with Crippen molar-refractivity contribution in [3.05, 3.63) is 90.4 Å². The van der Waals surface area contributed by atoms with Gasteiger partial charge in [0.2, 0.25) is 0 Å². The van der Waals surface area contributed by atoms with E-state index in [0.717, 1.165) is 31.3 Å². The lowest BCUT2D eigenvalue weighted by atomic mass is 10.1. The van der Waals surface area contributed by atoms with Gasteiger partial charge in [0.05, 0.1) is 18.8 Å². The van der Waals surface area contributed by atoms with Crippen LogP contribution in [0.5, 0.6) is 28.7 Å². The predicted octanol–water partition coefficient (Wildman–Crippen LogP) is 6.63. The van der Waals surface area contributed by atoms with Gasteiger partial charge in [0, 0.05) is 41.5 Å². The van der Waals surface area contributed by atoms with E-state index in [1.807, 2.05) is 6.07 Å². The third kappa shape index (κ3) is 8.27. The number of nitrogens with one attached hydrogen (secondary N) is 2. The quantitative estimate of drug-likeness (QED) is 0.0933. The van der Waals surface area contributed by atoms with E-state index in [4.69, 9.17) is 14.2 Å². The number of allylic oxidation sites excluding steroid dienone is 1. The number of phenolic OH excluding ortho intramolecular Hbond substituents is 1. The van der Waals surface area contributed by atoms with Crippen LogP contribution in [0.4, 0.5) is 14.9 Å². The highest BCUT2D eigenvalue weighted by molar-refractivity contribution is 5.91. The number of anilines is 1. The number of hydrogen-bond acceptors (Lipinski definition) is 8. The van der Waals surface area contributed by atoms with Gasteiger partial charge in [-0.1, -0.05) is 18.6 Å². The first-order valence-corrected chi connectivity index (χ1v) is 14.8. The minimum Gasteiger partial charge on any atom is -0.507 e. The molecule has 1 aliphatic rings. The summed E-state index contributed by atoms with van der Waals surface area (Å²) in [4.78, 5) is 19.1. The molecular weight excluding hydrogens is 577 g/mol. The van der Waals surface area contributed by atoms with Gasteiger partial charge < -0.3 is 24.6 Å². The van der Waals surface area contributed by atoms with Gasteiger partial charge in [0.25, 0.3) is 0 Å². The molecule has 1 aromatic heterocycles. The number of hydrogen-bond donors (Lipinski definition) is 3. The lowest BCUT2D eigenvalue weighted by Gasteiger charge is -2.26. The predicted molar refractivity (Wildman–Crippen MR) is 172 cm³/mol. The first kappa shape index (κ1) is 31.3. The molecule has 1 aliphatic heterocycles. The topological polar surface area (TPSA) is 118 Å². The number of phenols is 1. The van der Waals surface area contributed by atoms with Crippen LogP contribution >= 0.6 is 0 Å². The molecular formula is C34H36FN5O5. The zero-order valence-electron chi connectivity index (χ0n) is 25.1. The number of ether oxygens (including phenoxy) is 3. The second-order valence-corrected chi connectivity index (χ2v) is 10.5. The third-order valence-electron chi connectivity index (χ3n) is 7.35. The van der Waals surface area contributed by atoms with Crippen LogP contribution in [-0.4, -0.2) is 60.6 Å². The summed E-state index contributed by atoms with van der Waals surface area (Å²) in [5.41, 5.74) is 4.42. The van der Waals surface area contributed by atoms with Crippen molar-refractivity contribution in [3.8, 4) is 28.7 Å². The summed E-state index contributed by atoms with van der Waals surface area (Å²) in [7, 11) is 1.56. The minimum absolute atomic E-state index is 0.0235. The van der Waals surface area contributed by atoms with Crippen LogP contribution in [-0.2, 0) is 6.42 Å². The fraction of sp³-hybridized carbons (Fsp3) is 0.265. The highest BCUT2D eigenvalue weighted by Crippen LogP contribution is 2.38. The average molecular weight is 614 g/mol. The van der Waals surface area contributed by atoms with Crippen molar-refractivity contribution < 1.29 is 28.5 Å². The number of halogens is 1. The highest BCUT2D eigenvalue weighted by atomic mass is 19.1. The molecule has 4 aromatic rings. The normalized spacial score (nSPS) is 13.5. The summed E-state index contributed by atoms with van der Waals surface area (Å²) in [6, 6.07) is 13.7. The number of aromatic hydroxyl groups is 1. The Morgan fingerprint density at radius 1 is 1.07 bits per heavy atom. The number of likely N-dealkylation sites (tertiary alicyclic amines) is 1. The number of methoxy groups -OCH3 is 1. The Labute approximate surface area is 261 Å². The Balaban J connectivity index is 1.21. The number of fused-ring (bicyclic) bond motifs is 1. The van der Waals surface area contributed by atoms with Gasteiger partial charge >= 0.3 is 6.03 Å². The van der Waals surface area contributed by atoms with Crippen molar-refractivity contribution in [1.82, 2.24) is 15.3 Å². The van der Waals surface area contributed by atoms with E-state index in [9.17, 15) is 9.90 Å². The van der Waals surface area contributed by atoms with Crippen LogP contribution in [0, 0.1) is 5.82 Å². The fourth-order valence-corrected chi connectivity index (χ4v) is 5.05. The van der Waals surface area contributed by atoms with Crippen LogP contribution in [0.15, 0.2) is 78.6 Å². The Bertz CT molecular complexity index is 1690. The summed E-state index contributed by atoms with van der Waals surface area (Å²) in [5.74, 6) is 0.779. The molecule has 11 heteroatoms. The molecule has 2 heterocycles. The molecule has 0 atom stereocenters. The van der Waals surface area contributed by atoms with E-state index in [1.165, 1.54) is 37.6 Å². The van der Waals surface area contributed by atoms with Crippen molar-refractivity contribution in [2.45, 2.75) is 25.7 Å². The second kappa shape index (κ2) is 15.0. The summed E-state index contributed by atoms with van der Waals surface area (Å²) in [6.45, 7) is 7.23. The van der Waals surface area contributed by atoms with Crippen molar-refractivity contribution in [3.63, 3.8) is 0 Å². The van der Waals surface area contributed by atoms with E-state index in [-0.39, 0.29) is 17.2 Å². The molecule has 0 saturated carbocycles. The van der Waals surface area contributed by atoms with Gasteiger partial charge in [-0.25, -0.2) is 14.6 Å². The van der Waals surface area contributed by atoms with Crippen molar-refractivity contribution in [1.29, 1.82) is 0 Å². The second-order valence-electron chi connectivity index (χ2n) is 10.5. The fourth-order valence-electron chi connectivity index (χ4n) is 5.05. The van der Waals surface area contributed by atoms with Crippen LogP contribution in [0.25, 0.3) is 10.9 Å². The lowest BCUT2D eigenvalue weighted by molar-refractivity contribution is 0.181. The summed E-state index contributed by atoms with van der Waals surface area (Å²) < 4.78 is 32.6. The van der Waals surface area contributed by atoms with E-state index in [1.54, 1.807) is 49.7 Å². The maximum absolute atomic E-state index is 15.1. The number of pyridine rings is 1. The maximum atomic E-state index is 15.1. The van der Waals surface area contributed by atoms with Crippen LogP contribution in [0.1, 0.15) is 30.4 Å². The number of carbonyl (C=O) groups is 1. The smallest absolute Gasteiger partial charge is 0.339 e. The number of urea groups is 1. The molecule has 10 nitrogen and oxygen atoms in total. The number of rotatable bonds is 12. The lowest BCUT2D eigenvalue weighted by Crippen LogP contribution is -2.33. The van der Waals surface area contributed by atoms with Crippen molar-refractivity contribution in [2.75, 3.05) is 38.7 Å². The van der Waals surface area contributed by atoms with Crippen molar-refractivity contribution >= 4 is 28.8 Å². The molecule has 2 amide bonds. The molecule has 1 fully saturated rings. The van der Waals surface area contributed by atoms with E-state index in [0.29, 0.717) is 46.7 Å². The first-order valence-electron chi connectivity index (χ1n) is 14.8. The Morgan fingerprint density at radius 3 is 2.67 bits per heavy atom. The number of nitrogens with zero attached hydrogens (tertiary/aromatic N) is 3. The molecule has 1 saturated heterocycles. The van der Waals surface area contributed by atoms with E-state index >= 15 is 4.39 Å². The monoisotopic (exact) mass is 613 g/mol. The van der Waals surface area contributed by atoms with Crippen LogP contribution in [0.3, 0.4) is 0 Å². The molecule has 0 unspecified atom stereocenters. The van der Waals surface area contributed by atoms with Crippen LogP contribution in [0.2, 0.25) is 0 Å². The molecule has 234 valence electrons. The summed E-state index contributed by atoms with van der Waals surface area (Å²) in [6.07, 6.45) is 8.96. The number of carbonyl (C=O) groups excluding carboxylic acids is 1. The Morgan fingerprint density at radius 2 is 1.91 bits per heavy atom. The zero-order chi connectivity index (χ0) is 31.6. The van der Waals surface area contributed by atoms with Gasteiger partial charge in [-0.15, -0.1) is 6.58 Å². The molecule has 45 heavy (non-hydrogen) atoms. The average Bonchev–Trinajstić information content (AvgIpc) is 3.04. The largest absolute Gasteiger partial charge is 0.507 e. The van der Waals surface area contributed by atoms with Crippen LogP contribution < -0.4 is 25.0 Å². The molecule has 0 spiro atoms. The van der Waals surface area contributed by atoms with Gasteiger partial charge in [-0.05, 0) is 74.3 Å². The van der Waals surface area contributed by atoms with Gasteiger partial charge in [0.1, 0.15) is 18.1 Å². The van der Waals surface area contributed by atoms with E-state index in [2.05, 4.69) is 32.3 Å². The third-order valence-corrected chi connectivity index (χ3v) is 7.35. The number of aromatic nitrogens is 1. The number of hydrazone groups is 1. The minimum atomic E-state index is -0.691. The number of amides is 2. The molecule has 5 rings (SSSR count). The SMILES string of the molecule is C=CCc1ccc(/C=N/NC(=O)Nc2ccc(Oc3ccnc4cc(OCCN5CCCCC5)c(OC)cc34)c(F)c2)c(O)c1. The number of benzene rings is 3. The highest BCUT2D eigenvalue weighted by Gasteiger charge is 2.15. The Kier molecular flexibility index (Phi) is 10.4. The summed E-state index contributed by atoms with van der Waals surface area (Å²) >= 11 is 0. The molecule has 0 radical (unpaired) electrons. The maximum Gasteiger partial charge on any atom is 0.339 e. The summed E-state index contributed by atoms with van der Waals surface area (Å²) in [5, 5.41) is 17.1. The molecule has 0 aliphatic carbocycles. The molecule has 3 N–H and O–H groups in total. The Hall–Kier alpha value is -5.16. The van der Waals surface area contributed by atoms with Crippen molar-refractivity contribution in [2.24, 2.45) is 5.10 Å². The van der Waals surface area contributed by atoms with Gasteiger partial charge in [-0.2, -0.15) is 5.10 Å². The van der Waals surface area contributed by atoms with Gasteiger partial charge in [-0.3, -0.25) is 9.88 Å².